The van der Waals surface area contributed by atoms with Crippen molar-refractivity contribution >= 4 is 18.6 Å². The predicted molar refractivity (Wildman–Crippen MR) is 87.9 cm³/mol. The SMILES string of the molecule is C=C(C)C(=O)OCC(CO)(CO)COP(C)(=O)c1ccccc1. The summed E-state index contributed by atoms with van der Waals surface area (Å²) in [6.45, 7) is 4.96. The number of carbonyl (C=O) groups excluding carboxylic acids is 1. The van der Waals surface area contributed by atoms with E-state index < -0.39 is 32.0 Å². The Labute approximate surface area is 136 Å². The van der Waals surface area contributed by atoms with Crippen LogP contribution < -0.4 is 5.30 Å². The summed E-state index contributed by atoms with van der Waals surface area (Å²) in [6.07, 6.45) is 0. The van der Waals surface area contributed by atoms with Gasteiger partial charge in [-0.2, -0.15) is 0 Å². The quantitative estimate of drug-likeness (QED) is 0.399. The van der Waals surface area contributed by atoms with E-state index in [0.29, 0.717) is 5.30 Å². The van der Waals surface area contributed by atoms with Gasteiger partial charge < -0.3 is 19.5 Å². The summed E-state index contributed by atoms with van der Waals surface area (Å²) in [4.78, 5) is 11.5. The van der Waals surface area contributed by atoms with Gasteiger partial charge in [-0.3, -0.25) is 4.57 Å². The molecular weight excluding hydrogens is 319 g/mol. The second-order valence-electron chi connectivity index (χ2n) is 5.63. The minimum Gasteiger partial charge on any atom is -0.461 e. The number of ether oxygens (including phenoxy) is 1. The third-order valence-electron chi connectivity index (χ3n) is 3.37. The van der Waals surface area contributed by atoms with E-state index in [9.17, 15) is 19.6 Å². The Morgan fingerprint density at radius 3 is 2.26 bits per heavy atom. The van der Waals surface area contributed by atoms with E-state index in [1.54, 1.807) is 30.3 Å². The average Bonchev–Trinajstić information content (AvgIpc) is 2.56. The van der Waals surface area contributed by atoms with Crippen LogP contribution in [0.25, 0.3) is 0 Å². The van der Waals surface area contributed by atoms with Crippen LogP contribution in [0.2, 0.25) is 0 Å². The molecule has 0 amide bonds. The first-order chi connectivity index (χ1) is 10.8. The molecule has 128 valence electrons. The van der Waals surface area contributed by atoms with E-state index >= 15 is 0 Å². The van der Waals surface area contributed by atoms with Crippen molar-refractivity contribution in [2.24, 2.45) is 5.41 Å². The summed E-state index contributed by atoms with van der Waals surface area (Å²) in [5.41, 5.74) is -1.02. The molecule has 0 aliphatic carbocycles. The number of carbonyl (C=O) groups is 1. The summed E-state index contributed by atoms with van der Waals surface area (Å²) < 4.78 is 23.1. The Morgan fingerprint density at radius 2 is 1.78 bits per heavy atom. The molecule has 23 heavy (non-hydrogen) atoms. The van der Waals surface area contributed by atoms with Crippen LogP contribution in [0, 0.1) is 5.41 Å². The lowest BCUT2D eigenvalue weighted by Crippen LogP contribution is -2.40. The fourth-order valence-electron chi connectivity index (χ4n) is 1.65. The minimum absolute atomic E-state index is 0.209. The van der Waals surface area contributed by atoms with E-state index in [4.69, 9.17) is 9.26 Å². The highest BCUT2D eigenvalue weighted by Crippen LogP contribution is 2.42. The van der Waals surface area contributed by atoms with Gasteiger partial charge in [-0.15, -0.1) is 0 Å². The molecule has 0 saturated heterocycles. The van der Waals surface area contributed by atoms with Gasteiger partial charge in [0.15, 0.2) is 0 Å². The summed E-state index contributed by atoms with van der Waals surface area (Å²) >= 11 is 0. The molecular formula is C16H23O6P. The van der Waals surface area contributed by atoms with Crippen molar-refractivity contribution in [3.05, 3.63) is 42.5 Å². The third-order valence-corrected chi connectivity index (χ3v) is 5.23. The average molecular weight is 342 g/mol. The molecule has 1 rings (SSSR count). The molecule has 0 spiro atoms. The molecule has 1 aromatic rings. The molecule has 1 aromatic carbocycles. The molecule has 7 heteroatoms. The van der Waals surface area contributed by atoms with E-state index in [1.807, 2.05) is 0 Å². The Morgan fingerprint density at radius 1 is 1.22 bits per heavy atom. The van der Waals surface area contributed by atoms with Gasteiger partial charge in [0.2, 0.25) is 7.37 Å². The molecule has 6 nitrogen and oxygen atoms in total. The Balaban J connectivity index is 2.77. The molecule has 0 aliphatic heterocycles. The van der Waals surface area contributed by atoms with Crippen molar-refractivity contribution in [2.75, 3.05) is 33.1 Å². The lowest BCUT2D eigenvalue weighted by atomic mass is 9.93. The topological polar surface area (TPSA) is 93.1 Å². The van der Waals surface area contributed by atoms with E-state index in [2.05, 4.69) is 6.58 Å². The van der Waals surface area contributed by atoms with Crippen molar-refractivity contribution in [3.8, 4) is 0 Å². The molecule has 0 fully saturated rings. The van der Waals surface area contributed by atoms with Crippen molar-refractivity contribution in [1.82, 2.24) is 0 Å². The largest absolute Gasteiger partial charge is 0.461 e. The van der Waals surface area contributed by atoms with E-state index in [1.165, 1.54) is 13.6 Å². The molecule has 2 N–H and O–H groups in total. The lowest BCUT2D eigenvalue weighted by Gasteiger charge is -2.30. The number of aliphatic hydroxyl groups is 2. The monoisotopic (exact) mass is 342 g/mol. The number of aliphatic hydroxyl groups excluding tert-OH is 2. The fraction of sp³-hybridized carbons (Fsp3) is 0.438. The summed E-state index contributed by atoms with van der Waals surface area (Å²) in [5, 5.41) is 19.6. The zero-order valence-electron chi connectivity index (χ0n) is 13.4. The first kappa shape index (κ1) is 19.6. The summed E-state index contributed by atoms with van der Waals surface area (Å²) in [5.74, 6) is -0.626. The van der Waals surface area contributed by atoms with Crippen molar-refractivity contribution in [1.29, 1.82) is 0 Å². The van der Waals surface area contributed by atoms with Crippen molar-refractivity contribution in [2.45, 2.75) is 6.92 Å². The molecule has 0 bridgehead atoms. The van der Waals surface area contributed by atoms with Crippen LogP contribution in [-0.4, -0.2) is 49.3 Å². The maximum absolute atomic E-state index is 12.6. The van der Waals surface area contributed by atoms with Crippen LogP contribution >= 0.6 is 7.37 Å². The highest BCUT2D eigenvalue weighted by Gasteiger charge is 2.34. The van der Waals surface area contributed by atoms with Crippen molar-refractivity contribution in [3.63, 3.8) is 0 Å². The molecule has 0 aliphatic rings. The van der Waals surface area contributed by atoms with Gasteiger partial charge in [-0.05, 0) is 19.1 Å². The number of esters is 1. The predicted octanol–water partition coefficient (Wildman–Crippen LogP) is 1.33. The third kappa shape index (κ3) is 5.59. The summed E-state index contributed by atoms with van der Waals surface area (Å²) in [7, 11) is -3.11. The number of hydrogen-bond acceptors (Lipinski definition) is 6. The Kier molecular flexibility index (Phi) is 7.16. The maximum atomic E-state index is 12.6. The molecule has 0 radical (unpaired) electrons. The van der Waals surface area contributed by atoms with Gasteiger partial charge in [0.1, 0.15) is 6.61 Å². The zero-order valence-corrected chi connectivity index (χ0v) is 14.3. The zero-order chi connectivity index (χ0) is 17.5. The van der Waals surface area contributed by atoms with E-state index in [0.717, 1.165) is 0 Å². The highest BCUT2D eigenvalue weighted by atomic mass is 31.2. The molecule has 1 atom stereocenters. The smallest absolute Gasteiger partial charge is 0.333 e. The first-order valence-electron chi connectivity index (χ1n) is 7.08. The van der Waals surface area contributed by atoms with Gasteiger partial charge >= 0.3 is 5.97 Å². The van der Waals surface area contributed by atoms with Crippen LogP contribution in [0.4, 0.5) is 0 Å². The van der Waals surface area contributed by atoms with Crippen LogP contribution in [0.15, 0.2) is 42.5 Å². The van der Waals surface area contributed by atoms with Crippen LogP contribution in [-0.2, 0) is 18.6 Å². The van der Waals surface area contributed by atoms with Gasteiger partial charge in [0.25, 0.3) is 0 Å². The fourth-order valence-corrected chi connectivity index (χ4v) is 3.03. The number of rotatable bonds is 9. The van der Waals surface area contributed by atoms with Crippen LogP contribution in [0.3, 0.4) is 0 Å². The first-order valence-corrected chi connectivity index (χ1v) is 9.15. The van der Waals surface area contributed by atoms with Gasteiger partial charge in [-0.1, -0.05) is 24.8 Å². The number of hydrogen-bond donors (Lipinski definition) is 2. The second-order valence-corrected chi connectivity index (χ2v) is 8.09. The maximum Gasteiger partial charge on any atom is 0.333 e. The lowest BCUT2D eigenvalue weighted by molar-refractivity contribution is -0.146. The Hall–Kier alpha value is -1.46. The second kappa shape index (κ2) is 8.41. The van der Waals surface area contributed by atoms with Crippen LogP contribution in [0.5, 0.6) is 0 Å². The molecule has 1 unspecified atom stereocenters. The number of benzene rings is 1. The highest BCUT2D eigenvalue weighted by molar-refractivity contribution is 7.66. The standard InChI is InChI=1S/C16H23O6P/c1-13(2)15(19)21-11-16(9-17,10-18)12-22-23(3,20)14-7-5-4-6-8-14/h4-8,17-18H,1,9-12H2,2-3H3. The van der Waals surface area contributed by atoms with Gasteiger partial charge in [-0.25, -0.2) is 4.79 Å². The van der Waals surface area contributed by atoms with Gasteiger partial charge in [0, 0.05) is 17.5 Å². The van der Waals surface area contributed by atoms with Gasteiger partial charge in [0.05, 0.1) is 25.2 Å². The molecule has 0 aromatic heterocycles. The molecule has 0 heterocycles. The van der Waals surface area contributed by atoms with Crippen LogP contribution in [0.1, 0.15) is 6.92 Å². The normalized spacial score (nSPS) is 14.1. The minimum atomic E-state index is -3.11. The molecule has 0 saturated carbocycles. The van der Waals surface area contributed by atoms with Crippen molar-refractivity contribution < 1.29 is 28.8 Å². The Bertz CT molecular complexity index is 579. The van der Waals surface area contributed by atoms with E-state index in [-0.39, 0.29) is 18.8 Å². The summed E-state index contributed by atoms with van der Waals surface area (Å²) in [6, 6.07) is 8.65.